The molecule has 0 unspecified atom stereocenters. The van der Waals surface area contributed by atoms with Crippen molar-refractivity contribution < 1.29 is 4.74 Å². The first kappa shape index (κ1) is 15.3. The van der Waals surface area contributed by atoms with Gasteiger partial charge in [-0.2, -0.15) is 0 Å². The summed E-state index contributed by atoms with van der Waals surface area (Å²) in [7, 11) is 4.44. The Kier molecular flexibility index (Phi) is 6.11. The lowest BCUT2D eigenvalue weighted by atomic mass is 9.79. The van der Waals surface area contributed by atoms with Crippen LogP contribution < -0.4 is 5.32 Å². The third kappa shape index (κ3) is 4.44. The van der Waals surface area contributed by atoms with E-state index in [0.29, 0.717) is 5.41 Å². The van der Waals surface area contributed by atoms with Gasteiger partial charge in [0.05, 0.1) is 0 Å². The van der Waals surface area contributed by atoms with Crippen LogP contribution in [0.4, 0.5) is 0 Å². The van der Waals surface area contributed by atoms with Crippen LogP contribution in [0.25, 0.3) is 0 Å². The maximum absolute atomic E-state index is 5.49. The summed E-state index contributed by atoms with van der Waals surface area (Å²) in [5, 5.41) is 3.46. The average Bonchev–Trinajstić information content (AvgIpc) is 2.66. The number of hydrogen-bond acceptors (Lipinski definition) is 3. The molecule has 3 heteroatoms. The summed E-state index contributed by atoms with van der Waals surface area (Å²) in [6.45, 7) is 4.35. The van der Waals surface area contributed by atoms with Crippen LogP contribution in [0.3, 0.4) is 0 Å². The fourth-order valence-corrected chi connectivity index (χ4v) is 4.03. The number of nitrogens with zero attached hydrogens (tertiary/aromatic N) is 1. The molecule has 0 radical (unpaired) electrons. The molecular formula is C16H32N2O. The van der Waals surface area contributed by atoms with E-state index in [-0.39, 0.29) is 0 Å². The molecule has 2 rings (SSSR count). The smallest absolute Gasteiger partial charge is 0.0480 e. The van der Waals surface area contributed by atoms with Crippen LogP contribution in [0.15, 0.2) is 0 Å². The Morgan fingerprint density at radius 3 is 2.32 bits per heavy atom. The first-order chi connectivity index (χ1) is 9.26. The Morgan fingerprint density at radius 2 is 1.74 bits per heavy atom. The number of ether oxygens (including phenoxy) is 1. The molecule has 0 atom stereocenters. The van der Waals surface area contributed by atoms with Crippen molar-refractivity contribution in [2.24, 2.45) is 5.41 Å². The molecule has 0 aromatic rings. The van der Waals surface area contributed by atoms with Gasteiger partial charge in [-0.1, -0.05) is 25.7 Å². The molecule has 2 fully saturated rings. The van der Waals surface area contributed by atoms with Crippen LogP contribution in [0, 0.1) is 5.41 Å². The largest absolute Gasteiger partial charge is 0.381 e. The van der Waals surface area contributed by atoms with E-state index in [0.717, 1.165) is 19.3 Å². The lowest BCUT2D eigenvalue weighted by molar-refractivity contribution is 0.0243. The van der Waals surface area contributed by atoms with E-state index >= 15 is 0 Å². The van der Waals surface area contributed by atoms with Gasteiger partial charge < -0.3 is 15.0 Å². The molecule has 1 aliphatic carbocycles. The second-order valence-electron chi connectivity index (χ2n) is 6.70. The standard InChI is InChI=1S/C16H32N2O/c1-17-13-16(9-5-3-4-6-10-16)14-18(2)15-7-11-19-12-8-15/h15,17H,3-14H2,1-2H3. The zero-order valence-corrected chi connectivity index (χ0v) is 12.9. The van der Waals surface area contributed by atoms with Crippen molar-refractivity contribution in [2.75, 3.05) is 40.4 Å². The lowest BCUT2D eigenvalue weighted by Gasteiger charge is -2.40. The van der Waals surface area contributed by atoms with Gasteiger partial charge in [-0.3, -0.25) is 0 Å². The molecule has 1 aliphatic heterocycles. The zero-order valence-electron chi connectivity index (χ0n) is 12.9. The topological polar surface area (TPSA) is 24.5 Å². The minimum absolute atomic E-state index is 0.512. The summed E-state index contributed by atoms with van der Waals surface area (Å²) in [5.74, 6) is 0. The van der Waals surface area contributed by atoms with Crippen molar-refractivity contribution in [3.05, 3.63) is 0 Å². The summed E-state index contributed by atoms with van der Waals surface area (Å²) in [6, 6.07) is 0.741. The van der Waals surface area contributed by atoms with Crippen LogP contribution in [0.2, 0.25) is 0 Å². The monoisotopic (exact) mass is 268 g/mol. The molecule has 1 saturated carbocycles. The second-order valence-corrected chi connectivity index (χ2v) is 6.70. The molecular weight excluding hydrogens is 236 g/mol. The average molecular weight is 268 g/mol. The molecule has 2 aliphatic rings. The summed E-state index contributed by atoms with van der Waals surface area (Å²) in [5.41, 5.74) is 0.512. The van der Waals surface area contributed by atoms with Crippen molar-refractivity contribution in [1.82, 2.24) is 10.2 Å². The van der Waals surface area contributed by atoms with E-state index in [2.05, 4.69) is 24.3 Å². The summed E-state index contributed by atoms with van der Waals surface area (Å²) >= 11 is 0. The van der Waals surface area contributed by atoms with Crippen LogP contribution in [-0.2, 0) is 4.74 Å². The Balaban J connectivity index is 1.93. The Hall–Kier alpha value is -0.120. The first-order valence-electron chi connectivity index (χ1n) is 8.18. The van der Waals surface area contributed by atoms with Gasteiger partial charge in [0.15, 0.2) is 0 Å². The molecule has 0 spiro atoms. The van der Waals surface area contributed by atoms with Gasteiger partial charge in [0.2, 0.25) is 0 Å². The van der Waals surface area contributed by atoms with Gasteiger partial charge in [0.1, 0.15) is 0 Å². The number of hydrogen-bond donors (Lipinski definition) is 1. The first-order valence-corrected chi connectivity index (χ1v) is 8.18. The Labute approximate surface area is 119 Å². The Bertz CT molecular complexity index is 243. The molecule has 1 saturated heterocycles. The number of rotatable bonds is 5. The lowest BCUT2D eigenvalue weighted by Crippen LogP contribution is -2.47. The van der Waals surface area contributed by atoms with Gasteiger partial charge >= 0.3 is 0 Å². The van der Waals surface area contributed by atoms with Crippen molar-refractivity contribution in [3.63, 3.8) is 0 Å². The quantitative estimate of drug-likeness (QED) is 0.776. The molecule has 1 heterocycles. The molecule has 0 bridgehead atoms. The molecule has 0 aromatic heterocycles. The van der Waals surface area contributed by atoms with Crippen LogP contribution >= 0.6 is 0 Å². The second kappa shape index (κ2) is 7.61. The minimum Gasteiger partial charge on any atom is -0.381 e. The van der Waals surface area contributed by atoms with E-state index in [9.17, 15) is 0 Å². The van der Waals surface area contributed by atoms with Crippen LogP contribution in [0.1, 0.15) is 51.4 Å². The van der Waals surface area contributed by atoms with E-state index < -0.39 is 0 Å². The fraction of sp³-hybridized carbons (Fsp3) is 1.00. The predicted molar refractivity (Wildman–Crippen MR) is 80.5 cm³/mol. The van der Waals surface area contributed by atoms with Crippen molar-refractivity contribution >= 4 is 0 Å². The highest BCUT2D eigenvalue weighted by Gasteiger charge is 2.33. The molecule has 1 N–H and O–H groups in total. The van der Waals surface area contributed by atoms with Gasteiger partial charge in [0.25, 0.3) is 0 Å². The third-order valence-corrected chi connectivity index (χ3v) is 5.11. The van der Waals surface area contributed by atoms with Crippen molar-refractivity contribution in [2.45, 2.75) is 57.4 Å². The predicted octanol–water partition coefficient (Wildman–Crippen LogP) is 2.66. The molecule has 0 amide bonds. The van der Waals surface area contributed by atoms with Crippen molar-refractivity contribution in [1.29, 1.82) is 0 Å². The molecule has 19 heavy (non-hydrogen) atoms. The minimum atomic E-state index is 0.512. The van der Waals surface area contributed by atoms with Gasteiger partial charge in [-0.15, -0.1) is 0 Å². The van der Waals surface area contributed by atoms with Crippen LogP contribution in [0.5, 0.6) is 0 Å². The molecule has 3 nitrogen and oxygen atoms in total. The fourth-order valence-electron chi connectivity index (χ4n) is 4.03. The maximum Gasteiger partial charge on any atom is 0.0480 e. The highest BCUT2D eigenvalue weighted by molar-refractivity contribution is 4.88. The summed E-state index contributed by atoms with van der Waals surface area (Å²) in [4.78, 5) is 2.63. The molecule has 112 valence electrons. The van der Waals surface area contributed by atoms with Crippen LogP contribution in [-0.4, -0.2) is 51.3 Å². The maximum atomic E-state index is 5.49. The van der Waals surface area contributed by atoms with Gasteiger partial charge in [-0.25, -0.2) is 0 Å². The summed E-state index contributed by atoms with van der Waals surface area (Å²) in [6.07, 6.45) is 11.0. The SMILES string of the molecule is CNCC1(CN(C)C2CCOCC2)CCCCCC1. The van der Waals surface area contributed by atoms with E-state index in [1.807, 2.05) is 0 Å². The number of nitrogens with one attached hydrogen (secondary N) is 1. The normalized spacial score (nSPS) is 25.4. The van der Waals surface area contributed by atoms with Gasteiger partial charge in [0, 0.05) is 32.3 Å². The highest BCUT2D eigenvalue weighted by Crippen LogP contribution is 2.36. The Morgan fingerprint density at radius 1 is 1.11 bits per heavy atom. The van der Waals surface area contributed by atoms with Crippen molar-refractivity contribution in [3.8, 4) is 0 Å². The van der Waals surface area contributed by atoms with E-state index in [1.165, 1.54) is 64.5 Å². The molecule has 0 aromatic carbocycles. The highest BCUT2D eigenvalue weighted by atomic mass is 16.5. The van der Waals surface area contributed by atoms with E-state index in [1.54, 1.807) is 0 Å². The van der Waals surface area contributed by atoms with Gasteiger partial charge in [-0.05, 0) is 45.2 Å². The zero-order chi connectivity index (χ0) is 13.6. The third-order valence-electron chi connectivity index (χ3n) is 5.11. The van der Waals surface area contributed by atoms with E-state index in [4.69, 9.17) is 4.74 Å². The summed E-state index contributed by atoms with van der Waals surface area (Å²) < 4.78 is 5.49.